The summed E-state index contributed by atoms with van der Waals surface area (Å²) in [5, 5.41) is 12.6. The van der Waals surface area contributed by atoms with Gasteiger partial charge in [-0.25, -0.2) is 0 Å². The van der Waals surface area contributed by atoms with Crippen LogP contribution in [-0.4, -0.2) is 19.6 Å². The summed E-state index contributed by atoms with van der Waals surface area (Å²) in [5.74, 6) is 0.569. The van der Waals surface area contributed by atoms with Crippen molar-refractivity contribution in [3.05, 3.63) is 56.5 Å². The number of hydrogen-bond acceptors (Lipinski definition) is 4. The molecule has 0 atom stereocenters. The Labute approximate surface area is 178 Å². The molecule has 0 aliphatic rings. The van der Waals surface area contributed by atoms with Crippen LogP contribution in [0.2, 0.25) is 5.02 Å². The van der Waals surface area contributed by atoms with Crippen LogP contribution >= 0.6 is 27.5 Å². The van der Waals surface area contributed by atoms with Gasteiger partial charge in [0, 0.05) is 10.7 Å². The minimum Gasteiger partial charge on any atom is -0.493 e. The molecule has 146 valence electrons. The third-order valence-corrected chi connectivity index (χ3v) is 4.80. The van der Waals surface area contributed by atoms with Gasteiger partial charge in [-0.3, -0.25) is 4.79 Å². The lowest BCUT2D eigenvalue weighted by Gasteiger charge is -2.13. The normalized spacial score (nSPS) is 10.9. The molecule has 0 bridgehead atoms. The Morgan fingerprint density at radius 2 is 2.11 bits per heavy atom. The Morgan fingerprint density at radius 1 is 1.36 bits per heavy atom. The van der Waals surface area contributed by atoms with Crippen molar-refractivity contribution in [2.24, 2.45) is 0 Å². The van der Waals surface area contributed by atoms with Gasteiger partial charge < -0.3 is 14.8 Å². The van der Waals surface area contributed by atoms with Crippen molar-refractivity contribution in [2.75, 3.05) is 19.0 Å². The first kappa shape index (κ1) is 21.8. The first-order chi connectivity index (χ1) is 13.4. The molecule has 0 heterocycles. The van der Waals surface area contributed by atoms with Crippen molar-refractivity contribution in [2.45, 2.75) is 20.3 Å². The van der Waals surface area contributed by atoms with Gasteiger partial charge in [0.05, 0.1) is 18.2 Å². The quantitative estimate of drug-likeness (QED) is 0.419. The monoisotopic (exact) mass is 462 g/mol. The van der Waals surface area contributed by atoms with Crippen molar-refractivity contribution in [3.63, 3.8) is 0 Å². The average Bonchev–Trinajstić information content (AvgIpc) is 2.67. The van der Waals surface area contributed by atoms with E-state index in [2.05, 4.69) is 21.2 Å². The van der Waals surface area contributed by atoms with Gasteiger partial charge in [-0.2, -0.15) is 5.26 Å². The van der Waals surface area contributed by atoms with Crippen LogP contribution in [0.1, 0.15) is 24.5 Å². The highest BCUT2D eigenvalue weighted by Crippen LogP contribution is 2.37. The molecule has 0 aliphatic heterocycles. The number of rotatable bonds is 7. The second-order valence-corrected chi connectivity index (χ2v) is 7.23. The molecular formula is C21H20BrClN2O3. The van der Waals surface area contributed by atoms with E-state index in [0.717, 1.165) is 12.0 Å². The Kier molecular flexibility index (Phi) is 7.91. The first-order valence-corrected chi connectivity index (χ1v) is 9.76. The molecular weight excluding hydrogens is 444 g/mol. The second kappa shape index (κ2) is 10.2. The maximum atomic E-state index is 12.5. The molecule has 0 fully saturated rings. The lowest BCUT2D eigenvalue weighted by atomic mass is 10.1. The van der Waals surface area contributed by atoms with Crippen LogP contribution in [0.25, 0.3) is 6.08 Å². The molecule has 0 spiro atoms. The number of hydrogen-bond donors (Lipinski definition) is 1. The molecule has 28 heavy (non-hydrogen) atoms. The number of carbonyl (C=O) groups is 1. The number of aryl methyl sites for hydroxylation is 1. The minimum absolute atomic E-state index is 0.0483. The Bertz CT molecular complexity index is 951. The fourth-order valence-corrected chi connectivity index (χ4v) is 3.11. The molecule has 1 amide bonds. The Morgan fingerprint density at radius 3 is 2.71 bits per heavy atom. The standard InChI is InChI=1S/C21H20BrClN2O3/c1-4-7-28-20-17(22)9-14(10-19(20)27-3)8-15(12-24)21(26)25-16-6-5-13(2)18(23)11-16/h5-6,8-11H,4,7H2,1-3H3,(H,25,26)/b15-8+. The molecule has 2 aromatic carbocycles. The largest absolute Gasteiger partial charge is 0.493 e. The van der Waals surface area contributed by atoms with Crippen molar-refractivity contribution in [3.8, 4) is 17.6 Å². The number of carbonyl (C=O) groups excluding carboxylic acids is 1. The topological polar surface area (TPSA) is 71.3 Å². The van der Waals surface area contributed by atoms with Crippen LogP contribution in [0, 0.1) is 18.3 Å². The fraction of sp³-hybridized carbons (Fsp3) is 0.238. The number of nitrogens with zero attached hydrogens (tertiary/aromatic N) is 1. The molecule has 0 saturated carbocycles. The molecule has 1 N–H and O–H groups in total. The first-order valence-electron chi connectivity index (χ1n) is 8.59. The SMILES string of the molecule is CCCOc1c(Br)cc(/C=C(\C#N)C(=O)Nc2ccc(C)c(Cl)c2)cc1OC. The summed E-state index contributed by atoms with van der Waals surface area (Å²) >= 11 is 9.53. The van der Waals surface area contributed by atoms with Crippen LogP contribution in [-0.2, 0) is 4.79 Å². The van der Waals surface area contributed by atoms with E-state index < -0.39 is 5.91 Å². The molecule has 2 aromatic rings. The predicted octanol–water partition coefficient (Wildman–Crippen LogP) is 5.75. The van der Waals surface area contributed by atoms with E-state index in [4.69, 9.17) is 21.1 Å². The molecule has 0 aliphatic carbocycles. The zero-order chi connectivity index (χ0) is 20.7. The highest BCUT2D eigenvalue weighted by Gasteiger charge is 2.14. The van der Waals surface area contributed by atoms with Crippen LogP contribution in [0.4, 0.5) is 5.69 Å². The summed E-state index contributed by atoms with van der Waals surface area (Å²) < 4.78 is 11.7. The zero-order valence-electron chi connectivity index (χ0n) is 15.8. The number of nitrogens with one attached hydrogen (secondary N) is 1. The van der Waals surface area contributed by atoms with Crippen LogP contribution in [0.3, 0.4) is 0 Å². The molecule has 0 saturated heterocycles. The smallest absolute Gasteiger partial charge is 0.266 e. The van der Waals surface area contributed by atoms with Crippen LogP contribution < -0.4 is 14.8 Å². The predicted molar refractivity (Wildman–Crippen MR) is 115 cm³/mol. The fourth-order valence-electron chi connectivity index (χ4n) is 2.35. The Balaban J connectivity index is 2.30. The highest BCUT2D eigenvalue weighted by molar-refractivity contribution is 9.10. The number of ether oxygens (including phenoxy) is 2. The summed E-state index contributed by atoms with van der Waals surface area (Å²) in [6, 6.07) is 10.6. The number of nitriles is 1. The lowest BCUT2D eigenvalue weighted by Crippen LogP contribution is -2.13. The van der Waals surface area contributed by atoms with Gasteiger partial charge in [0.15, 0.2) is 11.5 Å². The van der Waals surface area contributed by atoms with E-state index in [1.165, 1.54) is 13.2 Å². The van der Waals surface area contributed by atoms with Crippen molar-refractivity contribution in [1.82, 2.24) is 0 Å². The summed E-state index contributed by atoms with van der Waals surface area (Å²) in [7, 11) is 1.53. The van der Waals surface area contributed by atoms with E-state index in [9.17, 15) is 10.1 Å². The molecule has 2 rings (SSSR count). The summed E-state index contributed by atoms with van der Waals surface area (Å²) in [6.45, 7) is 4.43. The van der Waals surface area contributed by atoms with Gasteiger partial charge in [0.2, 0.25) is 0 Å². The van der Waals surface area contributed by atoms with Gasteiger partial charge in [-0.05, 0) is 70.7 Å². The lowest BCUT2D eigenvalue weighted by molar-refractivity contribution is -0.112. The van der Waals surface area contributed by atoms with E-state index in [0.29, 0.717) is 38.9 Å². The number of halogens is 2. The highest BCUT2D eigenvalue weighted by atomic mass is 79.9. The Hall–Kier alpha value is -2.49. The summed E-state index contributed by atoms with van der Waals surface area (Å²) in [4.78, 5) is 12.5. The molecule has 0 radical (unpaired) electrons. The number of anilines is 1. The van der Waals surface area contributed by atoms with Gasteiger partial charge in [-0.1, -0.05) is 24.6 Å². The third-order valence-electron chi connectivity index (χ3n) is 3.81. The summed E-state index contributed by atoms with van der Waals surface area (Å²) in [6.07, 6.45) is 2.35. The van der Waals surface area contributed by atoms with Crippen molar-refractivity contribution < 1.29 is 14.3 Å². The van der Waals surface area contributed by atoms with E-state index in [1.807, 2.05) is 19.9 Å². The molecule has 0 unspecified atom stereocenters. The van der Waals surface area contributed by atoms with E-state index in [1.54, 1.807) is 30.3 Å². The van der Waals surface area contributed by atoms with Gasteiger partial charge in [-0.15, -0.1) is 0 Å². The van der Waals surface area contributed by atoms with Crippen molar-refractivity contribution in [1.29, 1.82) is 5.26 Å². The minimum atomic E-state index is -0.524. The third kappa shape index (κ3) is 5.51. The van der Waals surface area contributed by atoms with Gasteiger partial charge in [0.25, 0.3) is 5.91 Å². The van der Waals surface area contributed by atoms with E-state index in [-0.39, 0.29) is 5.57 Å². The van der Waals surface area contributed by atoms with Gasteiger partial charge in [0.1, 0.15) is 11.6 Å². The summed E-state index contributed by atoms with van der Waals surface area (Å²) in [5.41, 5.74) is 2.00. The van der Waals surface area contributed by atoms with Crippen LogP contribution in [0.5, 0.6) is 11.5 Å². The van der Waals surface area contributed by atoms with Crippen molar-refractivity contribution >= 4 is 45.2 Å². The average molecular weight is 464 g/mol. The maximum Gasteiger partial charge on any atom is 0.266 e. The van der Waals surface area contributed by atoms with Gasteiger partial charge >= 0.3 is 0 Å². The number of amides is 1. The van der Waals surface area contributed by atoms with Crippen LogP contribution in [0.15, 0.2) is 40.4 Å². The second-order valence-electron chi connectivity index (χ2n) is 5.97. The maximum absolute atomic E-state index is 12.5. The number of benzene rings is 2. The molecule has 0 aromatic heterocycles. The number of methoxy groups -OCH3 is 1. The molecule has 7 heteroatoms. The van der Waals surface area contributed by atoms with E-state index >= 15 is 0 Å². The zero-order valence-corrected chi connectivity index (χ0v) is 18.1. The molecule has 5 nitrogen and oxygen atoms in total.